The summed E-state index contributed by atoms with van der Waals surface area (Å²) >= 11 is 13.5. The number of hydrogen-bond acceptors (Lipinski definition) is 3. The van der Waals surface area contributed by atoms with Gasteiger partial charge in [0.2, 0.25) is 11.8 Å². The predicted octanol–water partition coefficient (Wildman–Crippen LogP) is 4.70. The van der Waals surface area contributed by atoms with E-state index in [1.165, 1.54) is 11.8 Å². The highest BCUT2D eigenvalue weighted by Crippen LogP contribution is 2.25. The van der Waals surface area contributed by atoms with Crippen molar-refractivity contribution in [3.05, 3.63) is 69.2 Å². The second kappa shape index (κ2) is 10.7. The molecule has 0 heterocycles. The Morgan fingerprint density at radius 2 is 1.71 bits per heavy atom. The Kier molecular flexibility index (Phi) is 8.67. The van der Waals surface area contributed by atoms with E-state index in [1.807, 2.05) is 37.3 Å². The Bertz CT molecular complexity index is 828. The lowest BCUT2D eigenvalue weighted by atomic mass is 10.1. The van der Waals surface area contributed by atoms with Gasteiger partial charge in [0, 0.05) is 19.3 Å². The monoisotopic (exact) mass is 438 g/mol. The van der Waals surface area contributed by atoms with Crippen LogP contribution in [-0.2, 0) is 21.9 Å². The lowest BCUT2D eigenvalue weighted by molar-refractivity contribution is -0.138. The van der Waals surface area contributed by atoms with Gasteiger partial charge in [-0.15, -0.1) is 11.8 Å². The fraction of sp³-hybridized carbons (Fsp3) is 0.333. The smallest absolute Gasteiger partial charge is 0.242 e. The highest BCUT2D eigenvalue weighted by Gasteiger charge is 2.25. The van der Waals surface area contributed by atoms with E-state index in [-0.39, 0.29) is 17.6 Å². The molecule has 0 radical (unpaired) electrons. The summed E-state index contributed by atoms with van der Waals surface area (Å²) in [5.41, 5.74) is 3.14. The van der Waals surface area contributed by atoms with Crippen LogP contribution in [0.15, 0.2) is 42.5 Å². The standard InChI is InChI=1S/C21H24Cl2N2O2S/c1-14-4-6-16(7-5-14)11-25(15(2)21(27)24-3)20(26)13-28-12-17-8-9-18(22)19(23)10-17/h4-10,15H,11-13H2,1-3H3,(H,24,27). The van der Waals surface area contributed by atoms with Crippen LogP contribution >= 0.6 is 35.0 Å². The molecule has 2 rings (SSSR count). The van der Waals surface area contributed by atoms with Gasteiger partial charge in [-0.25, -0.2) is 0 Å². The van der Waals surface area contributed by atoms with Crippen LogP contribution in [0.5, 0.6) is 0 Å². The minimum Gasteiger partial charge on any atom is -0.357 e. The third-order valence-electron chi connectivity index (χ3n) is 4.37. The highest BCUT2D eigenvalue weighted by atomic mass is 35.5. The van der Waals surface area contributed by atoms with Crippen LogP contribution in [-0.4, -0.2) is 35.6 Å². The van der Waals surface area contributed by atoms with Crippen LogP contribution in [0, 0.1) is 6.92 Å². The average molecular weight is 439 g/mol. The summed E-state index contributed by atoms with van der Waals surface area (Å²) in [6, 6.07) is 12.9. The van der Waals surface area contributed by atoms with E-state index in [2.05, 4.69) is 5.32 Å². The second-order valence-corrected chi connectivity index (χ2v) is 8.34. The second-order valence-electron chi connectivity index (χ2n) is 6.54. The molecule has 0 aromatic heterocycles. The molecule has 0 aliphatic rings. The van der Waals surface area contributed by atoms with Crippen LogP contribution in [0.3, 0.4) is 0 Å². The number of hydrogen-bond donors (Lipinski definition) is 1. The molecule has 1 N–H and O–H groups in total. The molecule has 150 valence electrons. The van der Waals surface area contributed by atoms with Gasteiger partial charge >= 0.3 is 0 Å². The lowest BCUT2D eigenvalue weighted by Crippen LogP contribution is -2.47. The zero-order valence-corrected chi connectivity index (χ0v) is 18.5. The van der Waals surface area contributed by atoms with E-state index in [4.69, 9.17) is 23.2 Å². The molecule has 4 nitrogen and oxygen atoms in total. The normalized spacial score (nSPS) is 11.8. The van der Waals surface area contributed by atoms with Crippen LogP contribution in [0.1, 0.15) is 23.6 Å². The molecule has 2 amide bonds. The minimum atomic E-state index is -0.552. The van der Waals surface area contributed by atoms with Gasteiger partial charge in [0.05, 0.1) is 15.8 Å². The molecule has 0 saturated carbocycles. The van der Waals surface area contributed by atoms with Crippen molar-refractivity contribution in [3.8, 4) is 0 Å². The summed E-state index contributed by atoms with van der Waals surface area (Å²) in [5, 5.41) is 3.63. The average Bonchev–Trinajstić information content (AvgIpc) is 2.69. The summed E-state index contributed by atoms with van der Waals surface area (Å²) in [6.45, 7) is 4.15. The van der Waals surface area contributed by atoms with Crippen molar-refractivity contribution >= 4 is 46.8 Å². The Morgan fingerprint density at radius 3 is 2.32 bits per heavy atom. The summed E-state index contributed by atoms with van der Waals surface area (Å²) < 4.78 is 0. The number of amides is 2. The zero-order valence-electron chi connectivity index (χ0n) is 16.2. The molecule has 0 spiro atoms. The third kappa shape index (κ3) is 6.43. The summed E-state index contributed by atoms with van der Waals surface area (Å²) in [7, 11) is 1.58. The molecular formula is C21H24Cl2N2O2S. The number of nitrogens with one attached hydrogen (secondary N) is 1. The number of rotatable bonds is 8. The first-order valence-corrected chi connectivity index (χ1v) is 10.8. The largest absolute Gasteiger partial charge is 0.357 e. The van der Waals surface area contributed by atoms with E-state index >= 15 is 0 Å². The van der Waals surface area contributed by atoms with Gasteiger partial charge in [0.1, 0.15) is 6.04 Å². The van der Waals surface area contributed by atoms with E-state index in [0.717, 1.165) is 16.7 Å². The first kappa shape index (κ1) is 22.6. The maximum Gasteiger partial charge on any atom is 0.242 e. The molecular weight excluding hydrogens is 415 g/mol. The number of thioether (sulfide) groups is 1. The number of carbonyl (C=O) groups excluding carboxylic acids is 2. The molecule has 1 atom stereocenters. The number of likely N-dealkylation sites (N-methyl/N-ethyl adjacent to an activating group) is 1. The molecule has 28 heavy (non-hydrogen) atoms. The van der Waals surface area contributed by atoms with Crippen LogP contribution < -0.4 is 5.32 Å². The van der Waals surface area contributed by atoms with Gasteiger partial charge in [-0.3, -0.25) is 9.59 Å². The van der Waals surface area contributed by atoms with Gasteiger partial charge in [0.25, 0.3) is 0 Å². The minimum absolute atomic E-state index is 0.0817. The molecule has 0 bridgehead atoms. The SMILES string of the molecule is CNC(=O)C(C)N(Cc1ccc(C)cc1)C(=O)CSCc1ccc(Cl)c(Cl)c1. The van der Waals surface area contributed by atoms with Crippen molar-refractivity contribution in [3.63, 3.8) is 0 Å². The summed E-state index contributed by atoms with van der Waals surface area (Å²) in [6.07, 6.45) is 0. The van der Waals surface area contributed by atoms with Crippen LogP contribution in [0.25, 0.3) is 0 Å². The molecule has 0 fully saturated rings. The van der Waals surface area contributed by atoms with Gasteiger partial charge in [-0.05, 0) is 37.1 Å². The molecule has 7 heteroatoms. The predicted molar refractivity (Wildman–Crippen MR) is 118 cm³/mol. The van der Waals surface area contributed by atoms with Crippen molar-refractivity contribution in [2.75, 3.05) is 12.8 Å². The van der Waals surface area contributed by atoms with Crippen molar-refractivity contribution in [1.29, 1.82) is 0 Å². The molecule has 1 unspecified atom stereocenters. The van der Waals surface area contributed by atoms with E-state index < -0.39 is 6.04 Å². The maximum atomic E-state index is 12.9. The van der Waals surface area contributed by atoms with Gasteiger partial charge in [-0.1, -0.05) is 59.1 Å². The topological polar surface area (TPSA) is 49.4 Å². The number of nitrogens with zero attached hydrogens (tertiary/aromatic N) is 1. The number of halogens is 2. The fourth-order valence-corrected chi connectivity index (χ4v) is 3.83. The molecule has 0 aliphatic heterocycles. The lowest BCUT2D eigenvalue weighted by Gasteiger charge is -2.28. The number of benzene rings is 2. The highest BCUT2D eigenvalue weighted by molar-refractivity contribution is 7.99. The number of aryl methyl sites for hydroxylation is 1. The van der Waals surface area contributed by atoms with Gasteiger partial charge in [0.15, 0.2) is 0 Å². The van der Waals surface area contributed by atoms with E-state index in [1.54, 1.807) is 31.0 Å². The Morgan fingerprint density at radius 1 is 1.07 bits per heavy atom. The fourth-order valence-electron chi connectivity index (χ4n) is 2.65. The first-order chi connectivity index (χ1) is 13.3. The van der Waals surface area contributed by atoms with Crippen LogP contribution in [0.2, 0.25) is 10.0 Å². The summed E-state index contributed by atoms with van der Waals surface area (Å²) in [4.78, 5) is 26.6. The Labute approximate surface area is 180 Å². The summed E-state index contributed by atoms with van der Waals surface area (Å²) in [5.74, 6) is 0.639. The molecule has 2 aromatic carbocycles. The molecule has 0 saturated heterocycles. The quantitative estimate of drug-likeness (QED) is 0.649. The van der Waals surface area contributed by atoms with Crippen LogP contribution in [0.4, 0.5) is 0 Å². The van der Waals surface area contributed by atoms with Crippen molar-refractivity contribution in [1.82, 2.24) is 10.2 Å². The Hall–Kier alpha value is -1.69. The first-order valence-electron chi connectivity index (χ1n) is 8.90. The van der Waals surface area contributed by atoms with Gasteiger partial charge in [-0.2, -0.15) is 0 Å². The zero-order chi connectivity index (χ0) is 20.7. The van der Waals surface area contributed by atoms with Crippen molar-refractivity contribution in [2.24, 2.45) is 0 Å². The third-order valence-corrected chi connectivity index (χ3v) is 6.09. The van der Waals surface area contributed by atoms with Crippen molar-refractivity contribution in [2.45, 2.75) is 32.2 Å². The number of carbonyl (C=O) groups is 2. The van der Waals surface area contributed by atoms with E-state index in [0.29, 0.717) is 22.3 Å². The van der Waals surface area contributed by atoms with Gasteiger partial charge < -0.3 is 10.2 Å². The maximum absolute atomic E-state index is 12.9. The van der Waals surface area contributed by atoms with E-state index in [9.17, 15) is 9.59 Å². The van der Waals surface area contributed by atoms with Crippen molar-refractivity contribution < 1.29 is 9.59 Å². The molecule has 0 aliphatic carbocycles. The Balaban J connectivity index is 2.03. The molecule has 2 aromatic rings.